The molecule has 0 saturated carbocycles. The molecule has 1 unspecified atom stereocenters. The molecule has 1 atom stereocenters. The van der Waals surface area contributed by atoms with E-state index in [1.54, 1.807) is 54.6 Å². The summed E-state index contributed by atoms with van der Waals surface area (Å²) in [6.45, 7) is 2.35. The highest BCUT2D eigenvalue weighted by Gasteiger charge is 2.46. The molecule has 1 aliphatic rings. The summed E-state index contributed by atoms with van der Waals surface area (Å²) in [5.41, 5.74) is 0.913. The summed E-state index contributed by atoms with van der Waals surface area (Å²) in [6, 6.07) is 14.4. The van der Waals surface area contributed by atoms with E-state index < -0.39 is 17.7 Å². The number of amides is 1. The molecule has 8 nitrogen and oxygen atoms in total. The second-order valence-electron chi connectivity index (χ2n) is 7.58. The van der Waals surface area contributed by atoms with E-state index >= 15 is 0 Å². The van der Waals surface area contributed by atoms with Crippen LogP contribution in [0.1, 0.15) is 29.9 Å². The smallest absolute Gasteiger partial charge is 0.296 e. The van der Waals surface area contributed by atoms with Crippen molar-refractivity contribution in [2.24, 2.45) is 0 Å². The zero-order chi connectivity index (χ0) is 24.2. The summed E-state index contributed by atoms with van der Waals surface area (Å²) in [4.78, 5) is 27.7. The van der Waals surface area contributed by atoms with Crippen LogP contribution in [-0.2, 0) is 16.1 Å². The number of benzene rings is 2. The zero-order valence-electron chi connectivity index (χ0n) is 19.1. The van der Waals surface area contributed by atoms with Crippen LogP contribution in [0.2, 0.25) is 0 Å². The number of nitrogens with zero attached hydrogens (tertiary/aromatic N) is 1. The van der Waals surface area contributed by atoms with Crippen LogP contribution in [0, 0.1) is 0 Å². The van der Waals surface area contributed by atoms with Gasteiger partial charge in [0.2, 0.25) is 0 Å². The molecule has 34 heavy (non-hydrogen) atoms. The van der Waals surface area contributed by atoms with Gasteiger partial charge in [0, 0.05) is 5.56 Å². The molecule has 176 valence electrons. The molecule has 1 saturated heterocycles. The Morgan fingerprint density at radius 1 is 1.03 bits per heavy atom. The number of carbonyl (C=O) groups excluding carboxylic acids is 2. The third-order valence-corrected chi connectivity index (χ3v) is 5.59. The average Bonchev–Trinajstić information content (AvgIpc) is 3.46. The Morgan fingerprint density at radius 2 is 1.82 bits per heavy atom. The standard InChI is InChI=1S/C26H25NO7/c1-4-33-18-8-5-7-17(13-18)24(28)22-23(16-10-11-20(31-2)21(14-16)32-3)27(26(30)25(22)29)15-19-9-6-12-34-19/h5-14,23,28H,4,15H2,1-3H3. The first-order valence-electron chi connectivity index (χ1n) is 10.7. The van der Waals surface area contributed by atoms with Gasteiger partial charge in [0.25, 0.3) is 11.7 Å². The Labute approximate surface area is 197 Å². The number of ketones is 1. The first-order valence-corrected chi connectivity index (χ1v) is 10.7. The molecule has 1 aromatic heterocycles. The average molecular weight is 463 g/mol. The molecule has 1 aliphatic heterocycles. The second-order valence-corrected chi connectivity index (χ2v) is 7.58. The van der Waals surface area contributed by atoms with Gasteiger partial charge in [0.15, 0.2) is 11.5 Å². The van der Waals surface area contributed by atoms with Crippen molar-refractivity contribution in [3.8, 4) is 17.2 Å². The molecule has 1 N–H and O–H groups in total. The number of Topliss-reactive ketones (excluding diaryl/α,β-unsaturated/α-hetero) is 1. The van der Waals surface area contributed by atoms with Gasteiger partial charge in [-0.1, -0.05) is 18.2 Å². The lowest BCUT2D eigenvalue weighted by atomic mass is 9.95. The topological polar surface area (TPSA) is 98.4 Å². The molecular weight excluding hydrogens is 438 g/mol. The van der Waals surface area contributed by atoms with E-state index in [1.807, 2.05) is 6.92 Å². The molecule has 1 fully saturated rings. The van der Waals surface area contributed by atoms with Crippen molar-refractivity contribution in [1.82, 2.24) is 4.90 Å². The van der Waals surface area contributed by atoms with Crippen LogP contribution in [0.4, 0.5) is 0 Å². The number of methoxy groups -OCH3 is 2. The van der Waals surface area contributed by atoms with E-state index in [2.05, 4.69) is 0 Å². The monoisotopic (exact) mass is 463 g/mol. The van der Waals surface area contributed by atoms with Crippen LogP contribution in [-0.4, -0.2) is 42.5 Å². The van der Waals surface area contributed by atoms with Gasteiger partial charge in [-0.25, -0.2) is 0 Å². The molecule has 0 bridgehead atoms. The number of rotatable bonds is 8. The molecule has 2 aromatic carbocycles. The van der Waals surface area contributed by atoms with Crippen LogP contribution in [0.15, 0.2) is 70.9 Å². The minimum atomic E-state index is -0.874. The van der Waals surface area contributed by atoms with E-state index in [-0.39, 0.29) is 17.9 Å². The van der Waals surface area contributed by atoms with E-state index in [4.69, 9.17) is 18.6 Å². The Morgan fingerprint density at radius 3 is 2.50 bits per heavy atom. The number of likely N-dealkylation sites (tertiary alicyclic amines) is 1. The predicted molar refractivity (Wildman–Crippen MR) is 124 cm³/mol. The van der Waals surface area contributed by atoms with E-state index in [9.17, 15) is 14.7 Å². The van der Waals surface area contributed by atoms with Crippen molar-refractivity contribution in [2.75, 3.05) is 20.8 Å². The number of aliphatic hydroxyl groups is 1. The van der Waals surface area contributed by atoms with Gasteiger partial charge < -0.3 is 28.6 Å². The van der Waals surface area contributed by atoms with Gasteiger partial charge >= 0.3 is 0 Å². The van der Waals surface area contributed by atoms with Crippen LogP contribution in [0.5, 0.6) is 17.2 Å². The minimum Gasteiger partial charge on any atom is -0.507 e. The van der Waals surface area contributed by atoms with Crippen molar-refractivity contribution in [2.45, 2.75) is 19.5 Å². The van der Waals surface area contributed by atoms with Crippen molar-refractivity contribution in [3.05, 3.63) is 83.3 Å². The highest BCUT2D eigenvalue weighted by atomic mass is 16.5. The normalized spacial score (nSPS) is 17.1. The maximum Gasteiger partial charge on any atom is 0.296 e. The maximum absolute atomic E-state index is 13.2. The van der Waals surface area contributed by atoms with Crippen molar-refractivity contribution >= 4 is 17.4 Å². The van der Waals surface area contributed by atoms with Gasteiger partial charge in [0.1, 0.15) is 17.3 Å². The fourth-order valence-corrected chi connectivity index (χ4v) is 4.04. The molecule has 3 aromatic rings. The Kier molecular flexibility index (Phi) is 6.58. The summed E-state index contributed by atoms with van der Waals surface area (Å²) < 4.78 is 21.7. The number of ether oxygens (including phenoxy) is 3. The van der Waals surface area contributed by atoms with Gasteiger partial charge in [-0.2, -0.15) is 0 Å². The van der Waals surface area contributed by atoms with Crippen molar-refractivity contribution < 1.29 is 33.3 Å². The molecule has 8 heteroatoms. The molecule has 0 spiro atoms. The first-order chi connectivity index (χ1) is 16.5. The van der Waals surface area contributed by atoms with Crippen molar-refractivity contribution in [1.29, 1.82) is 0 Å². The number of hydrogen-bond acceptors (Lipinski definition) is 7. The zero-order valence-corrected chi connectivity index (χ0v) is 19.1. The van der Waals surface area contributed by atoms with Crippen LogP contribution >= 0.6 is 0 Å². The Hall–Kier alpha value is -4.20. The Bertz CT molecular complexity index is 1230. The van der Waals surface area contributed by atoms with E-state index in [0.717, 1.165) is 0 Å². The number of aliphatic hydroxyl groups excluding tert-OH is 1. The fraction of sp³-hybridized carbons (Fsp3) is 0.231. The number of carbonyl (C=O) groups is 2. The predicted octanol–water partition coefficient (Wildman–Crippen LogP) is 4.32. The molecular formula is C26H25NO7. The maximum atomic E-state index is 13.2. The first kappa shape index (κ1) is 23.0. The summed E-state index contributed by atoms with van der Waals surface area (Å²) in [7, 11) is 3.02. The van der Waals surface area contributed by atoms with E-state index in [0.29, 0.717) is 40.7 Å². The highest BCUT2D eigenvalue weighted by molar-refractivity contribution is 6.46. The molecule has 0 radical (unpaired) electrons. The summed E-state index contributed by atoms with van der Waals surface area (Å²) in [5.74, 6) is 0.163. The van der Waals surface area contributed by atoms with Crippen LogP contribution in [0.25, 0.3) is 5.76 Å². The molecule has 1 amide bonds. The quantitative estimate of drug-likeness (QED) is 0.302. The van der Waals surface area contributed by atoms with E-state index in [1.165, 1.54) is 25.4 Å². The molecule has 0 aliphatic carbocycles. The minimum absolute atomic E-state index is 0.0302. The lowest BCUT2D eigenvalue weighted by Crippen LogP contribution is -2.29. The summed E-state index contributed by atoms with van der Waals surface area (Å²) in [5, 5.41) is 11.2. The number of furan rings is 1. The lowest BCUT2D eigenvalue weighted by molar-refractivity contribution is -0.140. The SMILES string of the molecule is CCOc1cccc(C(O)=C2C(=O)C(=O)N(Cc3ccco3)C2c2ccc(OC)c(OC)c2)c1. The Balaban J connectivity index is 1.88. The van der Waals surface area contributed by atoms with Gasteiger partial charge in [-0.15, -0.1) is 0 Å². The van der Waals surface area contributed by atoms with Gasteiger partial charge in [-0.3, -0.25) is 9.59 Å². The van der Waals surface area contributed by atoms with Crippen molar-refractivity contribution in [3.63, 3.8) is 0 Å². The summed E-state index contributed by atoms with van der Waals surface area (Å²) >= 11 is 0. The van der Waals surface area contributed by atoms with Gasteiger partial charge in [-0.05, 0) is 48.9 Å². The third kappa shape index (κ3) is 4.22. The van der Waals surface area contributed by atoms with Crippen LogP contribution < -0.4 is 14.2 Å². The molecule has 4 rings (SSSR count). The summed E-state index contributed by atoms with van der Waals surface area (Å²) in [6.07, 6.45) is 1.50. The van der Waals surface area contributed by atoms with Gasteiger partial charge in [0.05, 0.1) is 45.2 Å². The number of hydrogen-bond donors (Lipinski definition) is 1. The third-order valence-electron chi connectivity index (χ3n) is 5.59. The second kappa shape index (κ2) is 9.74. The fourth-order valence-electron chi connectivity index (χ4n) is 4.04. The lowest BCUT2D eigenvalue weighted by Gasteiger charge is -2.25. The highest BCUT2D eigenvalue weighted by Crippen LogP contribution is 2.42. The largest absolute Gasteiger partial charge is 0.507 e. The molecule has 2 heterocycles. The van der Waals surface area contributed by atoms with Crippen LogP contribution in [0.3, 0.4) is 0 Å².